The number of guanidine groups is 1. The molecule has 0 aliphatic carbocycles. The Kier molecular flexibility index (Phi) is 9.64. The van der Waals surface area contributed by atoms with E-state index in [0.717, 1.165) is 30.5 Å². The highest BCUT2D eigenvalue weighted by Crippen LogP contribution is 2.14. The molecule has 1 heterocycles. The Hall–Kier alpha value is -3.09. The first-order valence-corrected chi connectivity index (χ1v) is 10.4. The van der Waals surface area contributed by atoms with Gasteiger partial charge in [0.05, 0.1) is 13.2 Å². The van der Waals surface area contributed by atoms with Crippen molar-refractivity contribution in [3.63, 3.8) is 0 Å². The fourth-order valence-electron chi connectivity index (χ4n) is 2.70. The Labute approximate surface area is 179 Å². The summed E-state index contributed by atoms with van der Waals surface area (Å²) in [6, 6.07) is 11.5. The summed E-state index contributed by atoms with van der Waals surface area (Å²) in [4.78, 5) is 22.6. The second-order valence-corrected chi connectivity index (χ2v) is 7.11. The number of hydrogen-bond donors (Lipinski definition) is 2. The van der Waals surface area contributed by atoms with Crippen LogP contribution in [0.4, 0.5) is 0 Å². The third kappa shape index (κ3) is 7.39. The van der Waals surface area contributed by atoms with E-state index in [1.165, 1.54) is 0 Å². The van der Waals surface area contributed by atoms with Crippen molar-refractivity contribution in [1.29, 1.82) is 0 Å². The lowest BCUT2D eigenvalue weighted by Gasteiger charge is -2.14. The Bertz CT molecular complexity index is 819. The van der Waals surface area contributed by atoms with Crippen molar-refractivity contribution < 1.29 is 9.53 Å². The maximum atomic E-state index is 12.0. The van der Waals surface area contributed by atoms with E-state index in [-0.39, 0.29) is 5.91 Å². The summed E-state index contributed by atoms with van der Waals surface area (Å²) in [5.41, 5.74) is 2.70. The monoisotopic (exact) mass is 411 g/mol. The van der Waals surface area contributed by atoms with E-state index in [9.17, 15) is 4.79 Å². The largest absolute Gasteiger partial charge is 0.477 e. The van der Waals surface area contributed by atoms with Crippen molar-refractivity contribution in [1.82, 2.24) is 20.5 Å². The van der Waals surface area contributed by atoms with Crippen LogP contribution in [0, 0.1) is 0 Å². The average molecular weight is 412 g/mol. The molecule has 0 fully saturated rings. The van der Waals surface area contributed by atoms with E-state index in [2.05, 4.69) is 27.5 Å². The highest BCUT2D eigenvalue weighted by atomic mass is 16.5. The molecular weight excluding hydrogens is 378 g/mol. The maximum Gasteiger partial charge on any atom is 0.253 e. The van der Waals surface area contributed by atoms with Gasteiger partial charge in [-0.05, 0) is 37.1 Å². The quantitative estimate of drug-likeness (QED) is 0.357. The minimum atomic E-state index is -0.00603. The fraction of sp³-hybridized carbons (Fsp3) is 0.435. The molecule has 162 valence electrons. The summed E-state index contributed by atoms with van der Waals surface area (Å²) < 4.78 is 5.80. The van der Waals surface area contributed by atoms with Gasteiger partial charge in [0.2, 0.25) is 5.88 Å². The lowest BCUT2D eigenvalue weighted by molar-refractivity contribution is 0.0827. The lowest BCUT2D eigenvalue weighted by Crippen LogP contribution is -2.36. The molecule has 7 heteroatoms. The number of rotatable bonds is 10. The fourth-order valence-corrected chi connectivity index (χ4v) is 2.70. The molecule has 0 bridgehead atoms. The molecular formula is C23H33N5O2. The van der Waals surface area contributed by atoms with Gasteiger partial charge in [0.1, 0.15) is 0 Å². The van der Waals surface area contributed by atoms with Crippen molar-refractivity contribution in [2.24, 2.45) is 4.99 Å². The van der Waals surface area contributed by atoms with Gasteiger partial charge in [0.15, 0.2) is 5.96 Å². The van der Waals surface area contributed by atoms with E-state index in [0.29, 0.717) is 37.1 Å². The topological polar surface area (TPSA) is 78.8 Å². The van der Waals surface area contributed by atoms with Crippen molar-refractivity contribution in [2.45, 2.75) is 39.8 Å². The van der Waals surface area contributed by atoms with Gasteiger partial charge in [0.25, 0.3) is 5.91 Å². The van der Waals surface area contributed by atoms with Gasteiger partial charge in [-0.25, -0.2) is 9.98 Å². The molecule has 1 amide bonds. The molecule has 7 nitrogen and oxygen atoms in total. The van der Waals surface area contributed by atoms with Crippen LogP contribution >= 0.6 is 0 Å². The summed E-state index contributed by atoms with van der Waals surface area (Å²) in [6.45, 7) is 6.67. The van der Waals surface area contributed by atoms with Crippen molar-refractivity contribution in [3.05, 3.63) is 59.3 Å². The molecule has 0 saturated heterocycles. The van der Waals surface area contributed by atoms with Crippen LogP contribution in [-0.4, -0.2) is 49.0 Å². The standard InChI is InChI=1S/C23H33N5O2/c1-5-7-15-30-21-20(9-8-14-25-21)17-27-23(24-6-2)26-16-18-10-12-19(13-11-18)22(29)28(3)4/h8-14H,5-7,15-17H2,1-4H3,(H2,24,26,27). The summed E-state index contributed by atoms with van der Waals surface area (Å²) in [7, 11) is 3.49. The normalized spacial score (nSPS) is 11.1. The van der Waals surface area contributed by atoms with Gasteiger partial charge in [-0.15, -0.1) is 0 Å². The first-order chi connectivity index (χ1) is 14.5. The van der Waals surface area contributed by atoms with E-state index in [4.69, 9.17) is 4.74 Å². The van der Waals surface area contributed by atoms with Gasteiger partial charge >= 0.3 is 0 Å². The average Bonchev–Trinajstić information content (AvgIpc) is 2.76. The number of carbonyl (C=O) groups excluding carboxylic acids is 1. The molecule has 0 aliphatic rings. The number of amides is 1. The first-order valence-electron chi connectivity index (χ1n) is 10.4. The van der Waals surface area contributed by atoms with Gasteiger partial charge in [-0.3, -0.25) is 4.79 Å². The van der Waals surface area contributed by atoms with Gasteiger partial charge in [-0.2, -0.15) is 0 Å². The first kappa shape index (κ1) is 23.2. The molecule has 0 saturated carbocycles. The minimum Gasteiger partial charge on any atom is -0.477 e. The molecule has 0 radical (unpaired) electrons. The molecule has 2 aromatic rings. The summed E-state index contributed by atoms with van der Waals surface area (Å²) >= 11 is 0. The highest BCUT2D eigenvalue weighted by Gasteiger charge is 2.08. The Morgan fingerprint density at radius 2 is 1.90 bits per heavy atom. The van der Waals surface area contributed by atoms with E-state index >= 15 is 0 Å². The minimum absolute atomic E-state index is 0.00603. The second-order valence-electron chi connectivity index (χ2n) is 7.11. The van der Waals surface area contributed by atoms with Crippen LogP contribution in [0.25, 0.3) is 0 Å². The summed E-state index contributed by atoms with van der Waals surface area (Å²) in [5, 5.41) is 6.60. The number of hydrogen-bond acceptors (Lipinski definition) is 4. The third-order valence-corrected chi connectivity index (χ3v) is 4.40. The number of benzene rings is 1. The molecule has 2 rings (SSSR count). The second kappa shape index (κ2) is 12.5. The SMILES string of the molecule is CCCCOc1ncccc1CNC(=NCc1ccc(C(=O)N(C)C)cc1)NCC. The smallest absolute Gasteiger partial charge is 0.253 e. The zero-order valence-electron chi connectivity index (χ0n) is 18.4. The van der Waals surface area contributed by atoms with Crippen LogP contribution in [0.2, 0.25) is 0 Å². The van der Waals surface area contributed by atoms with Crippen LogP contribution in [0.3, 0.4) is 0 Å². The zero-order chi connectivity index (χ0) is 21.8. The number of pyridine rings is 1. The van der Waals surface area contributed by atoms with Crippen LogP contribution in [-0.2, 0) is 13.1 Å². The summed E-state index contributed by atoms with van der Waals surface area (Å²) in [5.74, 6) is 1.37. The van der Waals surface area contributed by atoms with Gasteiger partial charge < -0.3 is 20.3 Å². The number of nitrogens with zero attached hydrogens (tertiary/aromatic N) is 3. The molecule has 1 aromatic heterocycles. The van der Waals surface area contributed by atoms with Crippen LogP contribution < -0.4 is 15.4 Å². The molecule has 0 spiro atoms. The van der Waals surface area contributed by atoms with Crippen LogP contribution in [0.15, 0.2) is 47.6 Å². The number of unbranched alkanes of at least 4 members (excludes halogenated alkanes) is 1. The zero-order valence-corrected chi connectivity index (χ0v) is 18.4. The maximum absolute atomic E-state index is 12.0. The number of aliphatic imine (C=N–C) groups is 1. The Balaban J connectivity index is 1.99. The molecule has 30 heavy (non-hydrogen) atoms. The molecule has 0 aliphatic heterocycles. The van der Waals surface area contributed by atoms with Gasteiger partial charge in [-0.1, -0.05) is 31.5 Å². The molecule has 0 atom stereocenters. The van der Waals surface area contributed by atoms with Crippen molar-refractivity contribution in [2.75, 3.05) is 27.2 Å². The predicted molar refractivity (Wildman–Crippen MR) is 121 cm³/mol. The Morgan fingerprint density at radius 3 is 2.57 bits per heavy atom. The van der Waals surface area contributed by atoms with Gasteiger partial charge in [0, 0.05) is 44.5 Å². The van der Waals surface area contributed by atoms with Crippen molar-refractivity contribution >= 4 is 11.9 Å². The van der Waals surface area contributed by atoms with Crippen molar-refractivity contribution in [3.8, 4) is 5.88 Å². The van der Waals surface area contributed by atoms with E-state index < -0.39 is 0 Å². The molecule has 1 aromatic carbocycles. The van der Waals surface area contributed by atoms with E-state index in [1.54, 1.807) is 25.2 Å². The van der Waals surface area contributed by atoms with E-state index in [1.807, 2.05) is 43.3 Å². The van der Waals surface area contributed by atoms with Crippen LogP contribution in [0.5, 0.6) is 5.88 Å². The number of ether oxygens (including phenoxy) is 1. The van der Waals surface area contributed by atoms with Crippen LogP contribution in [0.1, 0.15) is 48.2 Å². The lowest BCUT2D eigenvalue weighted by atomic mass is 10.1. The highest BCUT2D eigenvalue weighted by molar-refractivity contribution is 5.93. The Morgan fingerprint density at radius 1 is 1.13 bits per heavy atom. The molecule has 2 N–H and O–H groups in total. The summed E-state index contributed by atoms with van der Waals surface area (Å²) in [6.07, 6.45) is 3.84. The molecule has 0 unspecified atom stereocenters. The predicted octanol–water partition coefficient (Wildman–Crippen LogP) is 3.22. The number of aromatic nitrogens is 1. The number of nitrogens with one attached hydrogen (secondary N) is 2. The number of carbonyl (C=O) groups is 1. The third-order valence-electron chi connectivity index (χ3n) is 4.40.